The summed E-state index contributed by atoms with van der Waals surface area (Å²) in [4.78, 5) is 37.3. The third kappa shape index (κ3) is 6.24. The van der Waals surface area contributed by atoms with Gasteiger partial charge in [-0.15, -0.1) is 6.42 Å². The first-order valence-electron chi connectivity index (χ1n) is 12.5. The number of hydrogen-bond acceptors (Lipinski definition) is 7. The first kappa shape index (κ1) is 27.8. The molecule has 0 spiro atoms. The molecule has 3 aromatic heterocycles. The van der Waals surface area contributed by atoms with Crippen LogP contribution in [0, 0.1) is 12.3 Å². The molecule has 204 valence electrons. The second-order valence-electron chi connectivity index (χ2n) is 10.0. The van der Waals surface area contributed by atoms with Gasteiger partial charge in [-0.2, -0.15) is 5.10 Å². The van der Waals surface area contributed by atoms with Crippen molar-refractivity contribution < 1.29 is 14.3 Å². The van der Waals surface area contributed by atoms with E-state index in [2.05, 4.69) is 41.9 Å². The Morgan fingerprint density at radius 3 is 2.62 bits per heavy atom. The number of fused-ring (bicyclic) bond motifs is 1. The summed E-state index contributed by atoms with van der Waals surface area (Å²) in [5.41, 5.74) is 2.70. The zero-order chi connectivity index (χ0) is 28.9. The molecule has 0 aliphatic heterocycles. The lowest BCUT2D eigenvalue weighted by molar-refractivity contribution is -0.105. The van der Waals surface area contributed by atoms with Gasteiger partial charge in [-0.05, 0) is 38.1 Å². The molecule has 0 bridgehead atoms. The molecule has 0 fully saturated rings. The summed E-state index contributed by atoms with van der Waals surface area (Å²) in [6.45, 7) is 9.97. The molecule has 0 atom stereocenters. The maximum absolute atomic E-state index is 13.0. The van der Waals surface area contributed by atoms with Gasteiger partial charge in [0.15, 0.2) is 11.6 Å². The molecule has 1 aromatic carbocycles. The van der Waals surface area contributed by atoms with Gasteiger partial charge in [-0.25, -0.2) is 14.5 Å². The molecule has 0 radical (unpaired) electrons. The van der Waals surface area contributed by atoms with Crippen molar-refractivity contribution in [3.63, 3.8) is 0 Å². The van der Waals surface area contributed by atoms with E-state index < -0.39 is 6.03 Å². The van der Waals surface area contributed by atoms with Gasteiger partial charge in [-0.3, -0.25) is 20.1 Å². The quantitative estimate of drug-likeness (QED) is 0.146. The van der Waals surface area contributed by atoms with Gasteiger partial charge < -0.3 is 15.4 Å². The van der Waals surface area contributed by atoms with Crippen LogP contribution in [-0.4, -0.2) is 37.9 Å². The molecule has 0 unspecified atom stereocenters. The lowest BCUT2D eigenvalue weighted by atomic mass is 9.92. The predicted octanol–water partition coefficient (Wildman–Crippen LogP) is 5.87. The van der Waals surface area contributed by atoms with Crippen LogP contribution in [0.3, 0.4) is 0 Å². The van der Waals surface area contributed by atoms with Crippen molar-refractivity contribution in [1.82, 2.24) is 19.7 Å². The van der Waals surface area contributed by atoms with E-state index in [9.17, 15) is 9.59 Å². The largest absolute Gasteiger partial charge is 0.454 e. The van der Waals surface area contributed by atoms with Crippen molar-refractivity contribution in [2.45, 2.75) is 46.6 Å². The van der Waals surface area contributed by atoms with E-state index in [1.165, 1.54) is 6.20 Å². The molecular weight excluding hydrogens is 508 g/mol. The van der Waals surface area contributed by atoms with Crippen molar-refractivity contribution >= 4 is 52.1 Å². The van der Waals surface area contributed by atoms with E-state index in [0.717, 1.165) is 11.4 Å². The van der Waals surface area contributed by atoms with E-state index in [4.69, 9.17) is 11.2 Å². The van der Waals surface area contributed by atoms with Gasteiger partial charge in [0.25, 0.3) is 0 Å². The normalized spacial score (nSPS) is 10.9. The number of aliphatic imine (C=N–C) groups is 1. The minimum Gasteiger partial charge on any atom is -0.454 e. The smallest absolute Gasteiger partial charge is 0.324 e. The lowest BCUT2D eigenvalue weighted by Gasteiger charge is -2.15. The highest BCUT2D eigenvalue weighted by atomic mass is 16.5. The number of nitrogens with one attached hydrogen (secondary N) is 3. The van der Waals surface area contributed by atoms with Crippen molar-refractivity contribution in [3.8, 4) is 23.8 Å². The number of amides is 3. The Bertz CT molecular complexity index is 1640. The number of hydrogen-bond donors (Lipinski definition) is 3. The van der Waals surface area contributed by atoms with Crippen LogP contribution in [-0.2, 0) is 16.8 Å². The highest BCUT2D eigenvalue weighted by molar-refractivity contribution is 6.06. The van der Waals surface area contributed by atoms with Crippen LogP contribution >= 0.6 is 0 Å². The van der Waals surface area contributed by atoms with Crippen LogP contribution in [0.1, 0.15) is 40.3 Å². The monoisotopic (exact) mass is 538 g/mol. The molecule has 3 N–H and O–H groups in total. The summed E-state index contributed by atoms with van der Waals surface area (Å²) in [5, 5.41) is 13.4. The van der Waals surface area contributed by atoms with Crippen LogP contribution in [0.4, 0.5) is 27.8 Å². The summed E-state index contributed by atoms with van der Waals surface area (Å²) in [6.07, 6.45) is 9.18. The molecule has 0 saturated carbocycles. The van der Waals surface area contributed by atoms with Crippen LogP contribution < -0.4 is 20.7 Å². The minimum absolute atomic E-state index is 0.213. The van der Waals surface area contributed by atoms with Crippen molar-refractivity contribution in [1.29, 1.82) is 0 Å². The van der Waals surface area contributed by atoms with E-state index in [-0.39, 0.29) is 17.8 Å². The predicted molar refractivity (Wildman–Crippen MR) is 157 cm³/mol. The topological polar surface area (TPSA) is 135 Å². The van der Waals surface area contributed by atoms with E-state index in [1.807, 2.05) is 46.8 Å². The average Bonchev–Trinajstić information content (AvgIpc) is 3.30. The molecule has 4 aromatic rings. The fraction of sp³-hybridized carbons (Fsp3) is 0.241. The Labute approximate surface area is 232 Å². The molecule has 0 aliphatic rings. The highest BCUT2D eigenvalue weighted by Gasteiger charge is 2.21. The second-order valence-corrected chi connectivity index (χ2v) is 10.0. The van der Waals surface area contributed by atoms with Crippen LogP contribution in [0.5, 0.6) is 11.5 Å². The van der Waals surface area contributed by atoms with Crippen LogP contribution in [0.15, 0.2) is 53.8 Å². The SMILES string of the molecule is C#CCn1nc(C(C)(C)C)cc1NC(=O)Nc1ccc(Oc2ccnc(NC=O)c2N=C(C)C)c2cccnc12. The van der Waals surface area contributed by atoms with E-state index >= 15 is 0 Å². The Hall–Kier alpha value is -5.24. The number of aromatic nitrogens is 4. The number of rotatable bonds is 8. The lowest BCUT2D eigenvalue weighted by Crippen LogP contribution is -2.21. The summed E-state index contributed by atoms with van der Waals surface area (Å²) >= 11 is 0. The molecule has 40 heavy (non-hydrogen) atoms. The number of carbonyl (C=O) groups excluding carboxylic acids is 2. The van der Waals surface area contributed by atoms with Gasteiger partial charge in [0.1, 0.15) is 23.8 Å². The molecule has 3 amide bonds. The first-order chi connectivity index (χ1) is 19.1. The van der Waals surface area contributed by atoms with Gasteiger partial charge in [0.2, 0.25) is 6.41 Å². The van der Waals surface area contributed by atoms with E-state index in [1.54, 1.807) is 35.1 Å². The molecule has 0 saturated heterocycles. The highest BCUT2D eigenvalue weighted by Crippen LogP contribution is 2.40. The number of anilines is 3. The minimum atomic E-state index is -0.479. The number of benzene rings is 1. The van der Waals surface area contributed by atoms with Gasteiger partial charge in [0.05, 0.1) is 16.9 Å². The Morgan fingerprint density at radius 2 is 1.93 bits per heavy atom. The maximum Gasteiger partial charge on any atom is 0.324 e. The zero-order valence-electron chi connectivity index (χ0n) is 22.9. The second kappa shape index (κ2) is 11.7. The van der Waals surface area contributed by atoms with Crippen molar-refractivity contribution in [2.75, 3.05) is 16.0 Å². The number of ether oxygens (including phenoxy) is 1. The zero-order valence-corrected chi connectivity index (χ0v) is 22.9. The van der Waals surface area contributed by atoms with Crippen molar-refractivity contribution in [3.05, 3.63) is 54.5 Å². The third-order valence-corrected chi connectivity index (χ3v) is 5.65. The molecule has 4 rings (SSSR count). The first-order valence-corrected chi connectivity index (χ1v) is 12.5. The van der Waals surface area contributed by atoms with E-state index in [0.29, 0.717) is 46.0 Å². The summed E-state index contributed by atoms with van der Waals surface area (Å²) < 4.78 is 7.82. The fourth-order valence-electron chi connectivity index (χ4n) is 3.83. The molecule has 11 nitrogen and oxygen atoms in total. The molecule has 3 heterocycles. The fourth-order valence-corrected chi connectivity index (χ4v) is 3.83. The standard InChI is InChI=1S/C29H30N8O3/c1-7-15-37-24(16-23(36-37)29(4,5)6)35-28(39)34-20-10-11-21(19-9-8-13-30-25(19)20)40-22-12-14-31-27(32-17-38)26(22)33-18(2)3/h1,8-14,16-17H,15H2,2-6H3,(H,31,32,38)(H2,34,35,39). The third-order valence-electron chi connectivity index (χ3n) is 5.65. The maximum atomic E-state index is 13.0. The number of urea groups is 1. The van der Waals surface area contributed by atoms with Crippen molar-refractivity contribution in [2.24, 2.45) is 4.99 Å². The molecule has 0 aliphatic carbocycles. The number of terminal acetylenes is 1. The Morgan fingerprint density at radius 1 is 1.12 bits per heavy atom. The summed E-state index contributed by atoms with van der Waals surface area (Å²) in [5.74, 6) is 4.17. The average molecular weight is 539 g/mol. The van der Waals surface area contributed by atoms with Gasteiger partial charge in [-0.1, -0.05) is 26.7 Å². The Balaban J connectivity index is 1.64. The number of nitrogens with zero attached hydrogens (tertiary/aromatic N) is 5. The number of carbonyl (C=O) groups is 2. The summed E-state index contributed by atoms with van der Waals surface area (Å²) in [6, 6.07) is 10.0. The van der Waals surface area contributed by atoms with Gasteiger partial charge >= 0.3 is 6.03 Å². The summed E-state index contributed by atoms with van der Waals surface area (Å²) in [7, 11) is 0. The number of pyridine rings is 2. The van der Waals surface area contributed by atoms with Gasteiger partial charge in [0, 0.05) is 41.0 Å². The van der Waals surface area contributed by atoms with Crippen LogP contribution in [0.2, 0.25) is 0 Å². The molecule has 11 heteroatoms. The van der Waals surface area contributed by atoms with Crippen LogP contribution in [0.25, 0.3) is 10.9 Å². The molecular formula is C29H30N8O3. The Kier molecular flexibility index (Phi) is 8.09.